The summed E-state index contributed by atoms with van der Waals surface area (Å²) in [5.41, 5.74) is 1.57. The number of aromatic nitrogens is 4. The van der Waals surface area contributed by atoms with Gasteiger partial charge in [-0.2, -0.15) is 0 Å². The lowest BCUT2D eigenvalue weighted by Crippen LogP contribution is -2.01. The first kappa shape index (κ1) is 14.0. The lowest BCUT2D eigenvalue weighted by atomic mass is 10.1. The molecule has 0 unspecified atom stereocenters. The molecule has 0 N–H and O–H groups in total. The average Bonchev–Trinajstić information content (AvgIpc) is 2.82. The van der Waals surface area contributed by atoms with Crippen LogP contribution in [0.3, 0.4) is 0 Å². The van der Waals surface area contributed by atoms with Gasteiger partial charge < -0.3 is 4.74 Å². The fourth-order valence-electron chi connectivity index (χ4n) is 1.40. The fraction of sp³-hybridized carbons (Fsp3) is 0.273. The number of nitrogens with zero attached hydrogens (tertiary/aromatic N) is 4. The van der Waals surface area contributed by atoms with Crippen molar-refractivity contribution in [3.63, 3.8) is 0 Å². The lowest BCUT2D eigenvalue weighted by Gasteiger charge is -2.05. The van der Waals surface area contributed by atoms with E-state index < -0.39 is 0 Å². The van der Waals surface area contributed by atoms with E-state index in [4.69, 9.17) is 0 Å². The zero-order valence-electron chi connectivity index (χ0n) is 10.3. The van der Waals surface area contributed by atoms with Crippen LogP contribution in [-0.4, -0.2) is 33.3 Å². The summed E-state index contributed by atoms with van der Waals surface area (Å²) in [6.07, 6.45) is 0. The van der Waals surface area contributed by atoms with Gasteiger partial charge in [-0.1, -0.05) is 33.8 Å². The number of carbonyl (C=O) groups is 1. The molecule has 2 aromatic rings. The molecule has 1 aromatic heterocycles. The summed E-state index contributed by atoms with van der Waals surface area (Å²) in [6.45, 7) is 0. The van der Waals surface area contributed by atoms with Crippen LogP contribution in [0, 0.1) is 0 Å². The normalized spacial score (nSPS) is 10.5. The molecule has 0 radical (unpaired) electrons. The molecule has 0 bridgehead atoms. The summed E-state index contributed by atoms with van der Waals surface area (Å²) in [4.78, 5) is 11.4. The number of rotatable bonds is 4. The Bertz CT molecular complexity index is 602. The molecule has 6 nitrogen and oxygen atoms in total. The Morgan fingerprint density at radius 3 is 2.89 bits per heavy atom. The van der Waals surface area contributed by atoms with Crippen molar-refractivity contribution in [3.05, 3.63) is 33.8 Å². The molecule has 0 aliphatic carbocycles. The van der Waals surface area contributed by atoms with E-state index in [1.807, 2.05) is 6.07 Å². The van der Waals surface area contributed by atoms with E-state index in [0.717, 1.165) is 15.2 Å². The zero-order valence-corrected chi connectivity index (χ0v) is 12.7. The third-order valence-electron chi connectivity index (χ3n) is 2.41. The molecule has 0 spiro atoms. The molecule has 0 atom stereocenters. The van der Waals surface area contributed by atoms with Crippen molar-refractivity contribution in [1.29, 1.82) is 0 Å². The Labute approximate surface area is 122 Å². The largest absolute Gasteiger partial charge is 0.465 e. The van der Waals surface area contributed by atoms with Gasteiger partial charge in [0.25, 0.3) is 0 Å². The monoisotopic (exact) mass is 342 g/mol. The van der Waals surface area contributed by atoms with Crippen LogP contribution in [0.1, 0.15) is 15.9 Å². The van der Waals surface area contributed by atoms with Gasteiger partial charge in [0.15, 0.2) is 0 Å². The number of hydrogen-bond acceptors (Lipinski definition) is 6. The highest BCUT2D eigenvalue weighted by molar-refractivity contribution is 9.10. The van der Waals surface area contributed by atoms with Crippen LogP contribution < -0.4 is 0 Å². The minimum absolute atomic E-state index is 0.350. The van der Waals surface area contributed by atoms with E-state index in [1.165, 1.54) is 18.9 Å². The van der Waals surface area contributed by atoms with Crippen molar-refractivity contribution in [2.24, 2.45) is 7.05 Å². The van der Waals surface area contributed by atoms with Crippen molar-refractivity contribution in [1.82, 2.24) is 20.2 Å². The Balaban J connectivity index is 2.09. The van der Waals surface area contributed by atoms with Crippen LogP contribution in [0.15, 0.2) is 27.8 Å². The summed E-state index contributed by atoms with van der Waals surface area (Å²) in [5.74, 6) is 0.355. The maximum Gasteiger partial charge on any atom is 0.337 e. The number of halogens is 1. The summed E-state index contributed by atoms with van der Waals surface area (Å²) < 4.78 is 7.14. The summed E-state index contributed by atoms with van der Waals surface area (Å²) in [5, 5.41) is 12.0. The number of ether oxygens (including phenoxy) is 1. The van der Waals surface area contributed by atoms with Gasteiger partial charge in [0, 0.05) is 17.3 Å². The zero-order chi connectivity index (χ0) is 13.8. The number of tetrazole rings is 1. The van der Waals surface area contributed by atoms with Crippen LogP contribution in [-0.2, 0) is 17.5 Å². The van der Waals surface area contributed by atoms with Gasteiger partial charge in [0.2, 0.25) is 5.16 Å². The summed E-state index contributed by atoms with van der Waals surface area (Å²) in [6, 6.07) is 5.37. The predicted molar refractivity (Wildman–Crippen MR) is 73.8 cm³/mol. The third-order valence-corrected chi connectivity index (χ3v) is 4.21. The van der Waals surface area contributed by atoms with Crippen molar-refractivity contribution < 1.29 is 9.53 Å². The molecule has 19 heavy (non-hydrogen) atoms. The highest BCUT2D eigenvalue weighted by Gasteiger charge is 2.10. The van der Waals surface area contributed by atoms with Crippen molar-refractivity contribution in [2.75, 3.05) is 7.11 Å². The highest BCUT2D eigenvalue weighted by Crippen LogP contribution is 2.26. The number of thioether (sulfide) groups is 1. The number of carbonyl (C=O) groups excluding carboxylic acids is 1. The fourth-order valence-corrected chi connectivity index (χ4v) is 2.95. The van der Waals surface area contributed by atoms with Gasteiger partial charge in [-0.05, 0) is 28.1 Å². The number of hydrogen-bond donors (Lipinski definition) is 0. The SMILES string of the molecule is COC(=O)c1ccc(CSc2nnnn2C)c(Br)c1. The number of benzene rings is 1. The van der Waals surface area contributed by atoms with Crippen LogP contribution >= 0.6 is 27.7 Å². The molecule has 100 valence electrons. The molecule has 1 heterocycles. The maximum atomic E-state index is 11.4. The topological polar surface area (TPSA) is 69.9 Å². The summed E-state index contributed by atoms with van der Waals surface area (Å²) >= 11 is 4.97. The highest BCUT2D eigenvalue weighted by atomic mass is 79.9. The van der Waals surface area contributed by atoms with Crippen LogP contribution in [0.25, 0.3) is 0 Å². The molecule has 0 saturated heterocycles. The lowest BCUT2D eigenvalue weighted by molar-refractivity contribution is 0.0600. The maximum absolute atomic E-state index is 11.4. The van der Waals surface area contributed by atoms with Crippen molar-refractivity contribution >= 4 is 33.7 Å². The van der Waals surface area contributed by atoms with Gasteiger partial charge in [-0.3, -0.25) is 0 Å². The van der Waals surface area contributed by atoms with E-state index in [2.05, 4.69) is 36.2 Å². The van der Waals surface area contributed by atoms with Gasteiger partial charge in [0.05, 0.1) is 12.7 Å². The average molecular weight is 343 g/mol. The van der Waals surface area contributed by atoms with Gasteiger partial charge in [0.1, 0.15) is 0 Å². The van der Waals surface area contributed by atoms with Crippen molar-refractivity contribution in [2.45, 2.75) is 10.9 Å². The van der Waals surface area contributed by atoms with Crippen LogP contribution in [0.5, 0.6) is 0 Å². The Morgan fingerprint density at radius 2 is 2.32 bits per heavy atom. The molecular weight excluding hydrogens is 332 g/mol. The Hall–Kier alpha value is -1.41. The second-order valence-corrected chi connectivity index (χ2v) is 5.47. The number of methoxy groups -OCH3 is 1. The van der Waals surface area contributed by atoms with Crippen LogP contribution in [0.2, 0.25) is 0 Å². The number of esters is 1. The first-order valence-electron chi connectivity index (χ1n) is 5.33. The molecule has 2 rings (SSSR count). The minimum atomic E-state index is -0.350. The molecule has 0 fully saturated rings. The predicted octanol–water partition coefficient (Wildman–Crippen LogP) is 2.05. The van der Waals surface area contributed by atoms with Gasteiger partial charge in [-0.15, -0.1) is 5.10 Å². The standard InChI is InChI=1S/C11H11BrN4O2S/c1-16-11(13-14-15-16)19-6-8-4-3-7(5-9(8)12)10(17)18-2/h3-5H,6H2,1-2H3. The van der Waals surface area contributed by atoms with E-state index >= 15 is 0 Å². The van der Waals surface area contributed by atoms with E-state index in [-0.39, 0.29) is 5.97 Å². The minimum Gasteiger partial charge on any atom is -0.465 e. The van der Waals surface area contributed by atoms with E-state index in [0.29, 0.717) is 11.3 Å². The Kier molecular flexibility index (Phi) is 4.54. The molecular formula is C11H11BrN4O2S. The molecule has 0 amide bonds. The van der Waals surface area contributed by atoms with Gasteiger partial charge >= 0.3 is 5.97 Å². The number of aryl methyl sites for hydroxylation is 1. The first-order valence-corrected chi connectivity index (χ1v) is 7.11. The smallest absolute Gasteiger partial charge is 0.337 e. The first-order chi connectivity index (χ1) is 9.11. The van der Waals surface area contributed by atoms with Crippen molar-refractivity contribution in [3.8, 4) is 0 Å². The Morgan fingerprint density at radius 1 is 1.53 bits per heavy atom. The molecule has 0 saturated carbocycles. The third kappa shape index (κ3) is 3.32. The molecule has 1 aromatic carbocycles. The van der Waals surface area contributed by atoms with Gasteiger partial charge in [-0.25, -0.2) is 9.48 Å². The van der Waals surface area contributed by atoms with E-state index in [1.54, 1.807) is 23.9 Å². The van der Waals surface area contributed by atoms with E-state index in [9.17, 15) is 4.79 Å². The van der Waals surface area contributed by atoms with Crippen LogP contribution in [0.4, 0.5) is 0 Å². The second kappa shape index (κ2) is 6.16. The molecule has 8 heteroatoms. The summed E-state index contributed by atoms with van der Waals surface area (Å²) in [7, 11) is 3.15. The quantitative estimate of drug-likeness (QED) is 0.625. The molecule has 0 aliphatic rings. The molecule has 0 aliphatic heterocycles. The second-order valence-electron chi connectivity index (χ2n) is 3.67.